The van der Waals surface area contributed by atoms with Crippen LogP contribution < -0.4 is 0 Å². The standard InChI is InChI=1S/C9H6N2O2.ClH/c1-7-2-3-8(10-5-12)4-9(7)11-6-13;/h2-4H,1H3;1H. The molecule has 5 heteroatoms. The molecule has 0 bridgehead atoms. The number of aryl methyl sites for hydroxylation is 1. The lowest BCUT2D eigenvalue weighted by atomic mass is 10.2. The van der Waals surface area contributed by atoms with E-state index in [0.29, 0.717) is 11.4 Å². The summed E-state index contributed by atoms with van der Waals surface area (Å²) in [7, 11) is 0. The van der Waals surface area contributed by atoms with Crippen molar-refractivity contribution in [3.8, 4) is 0 Å². The van der Waals surface area contributed by atoms with Gasteiger partial charge in [0.15, 0.2) is 0 Å². The molecular formula is C9H7ClN2O2. The Morgan fingerprint density at radius 3 is 2.36 bits per heavy atom. The number of nitrogens with zero attached hydrogens (tertiary/aromatic N) is 2. The molecule has 0 radical (unpaired) electrons. The number of halogens is 1. The summed E-state index contributed by atoms with van der Waals surface area (Å²) < 4.78 is 0. The molecule has 1 aromatic rings. The molecule has 0 spiro atoms. The monoisotopic (exact) mass is 210 g/mol. The van der Waals surface area contributed by atoms with Crippen molar-refractivity contribution in [1.29, 1.82) is 0 Å². The minimum Gasteiger partial charge on any atom is -0.211 e. The highest BCUT2D eigenvalue weighted by Gasteiger charge is 1.97. The molecule has 0 atom stereocenters. The first-order valence-corrected chi connectivity index (χ1v) is 3.54. The van der Waals surface area contributed by atoms with E-state index in [1.807, 2.05) is 0 Å². The number of hydrogen-bond donors (Lipinski definition) is 0. The van der Waals surface area contributed by atoms with E-state index in [9.17, 15) is 9.59 Å². The Labute approximate surface area is 86.8 Å². The molecule has 0 aliphatic rings. The number of benzene rings is 1. The summed E-state index contributed by atoms with van der Waals surface area (Å²) in [6.45, 7) is 1.80. The molecule has 14 heavy (non-hydrogen) atoms. The smallest absolute Gasteiger partial charge is 0.211 e. The van der Waals surface area contributed by atoms with E-state index in [-0.39, 0.29) is 12.4 Å². The highest BCUT2D eigenvalue weighted by molar-refractivity contribution is 5.85. The first-order chi connectivity index (χ1) is 6.27. The summed E-state index contributed by atoms with van der Waals surface area (Å²) in [5.41, 5.74) is 1.72. The molecule has 0 aromatic heterocycles. The third kappa shape index (κ3) is 2.96. The van der Waals surface area contributed by atoms with Crippen LogP contribution in [-0.4, -0.2) is 12.2 Å². The average Bonchev–Trinajstić information content (AvgIpc) is 2.12. The van der Waals surface area contributed by atoms with Crippen molar-refractivity contribution in [3.05, 3.63) is 23.8 Å². The molecule has 0 saturated carbocycles. The van der Waals surface area contributed by atoms with E-state index in [4.69, 9.17) is 0 Å². The van der Waals surface area contributed by atoms with Crippen LogP contribution in [0.15, 0.2) is 28.2 Å². The largest absolute Gasteiger partial charge is 0.240 e. The van der Waals surface area contributed by atoms with Crippen LogP contribution in [0.1, 0.15) is 5.56 Å². The van der Waals surface area contributed by atoms with Gasteiger partial charge in [-0.2, -0.15) is 9.98 Å². The quantitative estimate of drug-likeness (QED) is 0.556. The molecule has 0 N–H and O–H groups in total. The van der Waals surface area contributed by atoms with Crippen molar-refractivity contribution < 1.29 is 9.59 Å². The Kier molecular flexibility index (Phi) is 5.12. The summed E-state index contributed by atoms with van der Waals surface area (Å²) in [6.07, 6.45) is 2.84. The second kappa shape index (κ2) is 5.84. The maximum absolute atomic E-state index is 10.00. The third-order valence-electron chi connectivity index (χ3n) is 1.53. The molecule has 4 nitrogen and oxygen atoms in total. The van der Waals surface area contributed by atoms with E-state index in [1.54, 1.807) is 19.1 Å². The second-order valence-electron chi connectivity index (χ2n) is 2.38. The lowest BCUT2D eigenvalue weighted by Crippen LogP contribution is -1.73. The predicted octanol–water partition coefficient (Wildman–Crippen LogP) is 2.35. The van der Waals surface area contributed by atoms with Gasteiger partial charge in [0.2, 0.25) is 12.2 Å². The summed E-state index contributed by atoms with van der Waals surface area (Å²) in [6, 6.07) is 4.88. The van der Waals surface area contributed by atoms with E-state index < -0.39 is 0 Å². The Hall–Kier alpha value is -1.73. The topological polar surface area (TPSA) is 58.9 Å². The zero-order valence-corrected chi connectivity index (χ0v) is 8.17. The molecule has 0 unspecified atom stereocenters. The van der Waals surface area contributed by atoms with E-state index in [1.165, 1.54) is 18.2 Å². The summed E-state index contributed by atoms with van der Waals surface area (Å²) in [5.74, 6) is 0. The van der Waals surface area contributed by atoms with E-state index in [2.05, 4.69) is 9.98 Å². The van der Waals surface area contributed by atoms with Crippen molar-refractivity contribution in [2.45, 2.75) is 6.92 Å². The summed E-state index contributed by atoms with van der Waals surface area (Å²) in [5, 5.41) is 0. The Balaban J connectivity index is 0.00000169. The first-order valence-electron chi connectivity index (χ1n) is 3.54. The van der Waals surface area contributed by atoms with Gasteiger partial charge in [0.05, 0.1) is 11.4 Å². The van der Waals surface area contributed by atoms with Crippen molar-refractivity contribution in [2.75, 3.05) is 0 Å². The van der Waals surface area contributed by atoms with Gasteiger partial charge in [-0.05, 0) is 24.6 Å². The number of aliphatic imine (C=N–C) groups is 2. The Morgan fingerprint density at radius 2 is 1.79 bits per heavy atom. The normalized spacial score (nSPS) is 7.79. The molecule has 1 aromatic carbocycles. The SMILES string of the molecule is Cc1ccc(N=C=O)cc1N=C=O.Cl. The second-order valence-corrected chi connectivity index (χ2v) is 2.38. The first kappa shape index (κ1) is 12.3. The fourth-order valence-electron chi connectivity index (χ4n) is 0.890. The van der Waals surface area contributed by atoms with Gasteiger partial charge >= 0.3 is 0 Å². The molecular weight excluding hydrogens is 204 g/mol. The molecule has 0 heterocycles. The summed E-state index contributed by atoms with van der Waals surface area (Å²) in [4.78, 5) is 26.8. The fourth-order valence-corrected chi connectivity index (χ4v) is 0.890. The van der Waals surface area contributed by atoms with Crippen LogP contribution in [0.4, 0.5) is 11.4 Å². The van der Waals surface area contributed by atoms with Gasteiger partial charge in [-0.3, -0.25) is 0 Å². The van der Waals surface area contributed by atoms with Gasteiger partial charge in [-0.25, -0.2) is 9.59 Å². The third-order valence-corrected chi connectivity index (χ3v) is 1.53. The maximum atomic E-state index is 10.00. The Bertz CT molecular complexity index is 419. The molecule has 0 aliphatic heterocycles. The van der Waals surface area contributed by atoms with Crippen LogP contribution in [0.2, 0.25) is 0 Å². The zero-order chi connectivity index (χ0) is 9.68. The van der Waals surface area contributed by atoms with Crippen LogP contribution in [0.5, 0.6) is 0 Å². The van der Waals surface area contributed by atoms with Crippen molar-refractivity contribution in [2.24, 2.45) is 9.98 Å². The number of carbonyl (C=O) groups excluding carboxylic acids is 2. The van der Waals surface area contributed by atoms with Gasteiger partial charge in [-0.15, -0.1) is 12.4 Å². The highest BCUT2D eigenvalue weighted by Crippen LogP contribution is 2.23. The molecule has 72 valence electrons. The Morgan fingerprint density at radius 1 is 1.14 bits per heavy atom. The van der Waals surface area contributed by atoms with E-state index in [0.717, 1.165) is 5.56 Å². The van der Waals surface area contributed by atoms with Gasteiger partial charge < -0.3 is 0 Å². The molecule has 0 fully saturated rings. The fraction of sp³-hybridized carbons (Fsp3) is 0.111. The van der Waals surface area contributed by atoms with E-state index >= 15 is 0 Å². The zero-order valence-electron chi connectivity index (χ0n) is 7.35. The lowest BCUT2D eigenvalue weighted by molar-refractivity contribution is 0.565. The number of rotatable bonds is 2. The van der Waals surface area contributed by atoms with Gasteiger partial charge in [0, 0.05) is 0 Å². The lowest BCUT2D eigenvalue weighted by Gasteiger charge is -1.97. The average molecular weight is 211 g/mol. The van der Waals surface area contributed by atoms with Crippen LogP contribution >= 0.6 is 12.4 Å². The minimum atomic E-state index is 0. The van der Waals surface area contributed by atoms with Crippen LogP contribution in [0, 0.1) is 6.92 Å². The van der Waals surface area contributed by atoms with Gasteiger partial charge in [0.1, 0.15) is 0 Å². The number of hydrogen-bond acceptors (Lipinski definition) is 4. The highest BCUT2D eigenvalue weighted by atomic mass is 35.5. The van der Waals surface area contributed by atoms with Gasteiger partial charge in [0.25, 0.3) is 0 Å². The van der Waals surface area contributed by atoms with Crippen LogP contribution in [0.25, 0.3) is 0 Å². The molecule has 0 amide bonds. The number of isocyanates is 2. The van der Waals surface area contributed by atoms with Crippen LogP contribution in [-0.2, 0) is 9.59 Å². The predicted molar refractivity (Wildman–Crippen MR) is 54.0 cm³/mol. The van der Waals surface area contributed by atoms with Crippen molar-refractivity contribution in [3.63, 3.8) is 0 Å². The molecule has 0 saturated heterocycles. The van der Waals surface area contributed by atoms with Crippen molar-refractivity contribution in [1.82, 2.24) is 0 Å². The van der Waals surface area contributed by atoms with Crippen LogP contribution in [0.3, 0.4) is 0 Å². The summed E-state index contributed by atoms with van der Waals surface area (Å²) >= 11 is 0. The molecule has 0 aliphatic carbocycles. The minimum absolute atomic E-state index is 0. The molecule has 1 rings (SSSR count). The maximum Gasteiger partial charge on any atom is 0.240 e. The van der Waals surface area contributed by atoms with Gasteiger partial charge in [-0.1, -0.05) is 6.07 Å². The van der Waals surface area contributed by atoms with Crippen molar-refractivity contribution >= 4 is 35.9 Å².